The first kappa shape index (κ1) is 16.5. The topological polar surface area (TPSA) is 72.2 Å². The van der Waals surface area contributed by atoms with Crippen LogP contribution in [0.25, 0.3) is 0 Å². The number of nitrogens with zero attached hydrogens (tertiary/aromatic N) is 2. The van der Waals surface area contributed by atoms with Gasteiger partial charge in [-0.15, -0.1) is 0 Å². The first-order valence-electron chi connectivity index (χ1n) is 8.58. The highest BCUT2D eigenvalue weighted by atomic mass is 16.7. The second-order valence-electron chi connectivity index (χ2n) is 6.48. The third-order valence-corrected chi connectivity index (χ3v) is 4.74. The average Bonchev–Trinajstić information content (AvgIpc) is 3.25. The van der Waals surface area contributed by atoms with Crippen LogP contribution in [0.1, 0.15) is 32.2 Å². The lowest BCUT2D eigenvalue weighted by atomic mass is 10.1. The first-order valence-corrected chi connectivity index (χ1v) is 8.58. The fourth-order valence-corrected chi connectivity index (χ4v) is 3.34. The van der Waals surface area contributed by atoms with Crippen molar-refractivity contribution >= 4 is 11.8 Å². The predicted molar refractivity (Wildman–Crippen MR) is 92.6 cm³/mol. The van der Waals surface area contributed by atoms with Crippen LogP contribution >= 0.6 is 0 Å². The molecule has 1 aromatic heterocycles. The lowest BCUT2D eigenvalue weighted by Crippen LogP contribution is -2.50. The maximum atomic E-state index is 12.7. The maximum absolute atomic E-state index is 12.7. The van der Waals surface area contributed by atoms with Crippen molar-refractivity contribution < 1.29 is 23.5 Å². The van der Waals surface area contributed by atoms with Gasteiger partial charge in [-0.25, -0.2) is 0 Å². The Labute approximate surface area is 151 Å². The van der Waals surface area contributed by atoms with E-state index in [4.69, 9.17) is 13.9 Å². The van der Waals surface area contributed by atoms with Gasteiger partial charge in [0.25, 0.3) is 11.8 Å². The van der Waals surface area contributed by atoms with Crippen LogP contribution in [0, 0.1) is 13.8 Å². The molecule has 0 radical (unpaired) electrons. The molecule has 1 fully saturated rings. The molecule has 26 heavy (non-hydrogen) atoms. The van der Waals surface area contributed by atoms with Gasteiger partial charge in [-0.05, 0) is 38.1 Å². The molecule has 0 atom stereocenters. The van der Waals surface area contributed by atoms with E-state index >= 15 is 0 Å². The highest BCUT2D eigenvalue weighted by molar-refractivity contribution is 5.97. The Morgan fingerprint density at radius 2 is 1.54 bits per heavy atom. The van der Waals surface area contributed by atoms with Crippen LogP contribution in [0.3, 0.4) is 0 Å². The number of rotatable bonds is 2. The fraction of sp³-hybridized carbons (Fsp3) is 0.368. The zero-order valence-electron chi connectivity index (χ0n) is 14.8. The summed E-state index contributed by atoms with van der Waals surface area (Å²) in [5.41, 5.74) is 1.16. The lowest BCUT2D eigenvalue weighted by Gasteiger charge is -2.34. The molecule has 0 aliphatic carbocycles. The Bertz CT molecular complexity index is 865. The van der Waals surface area contributed by atoms with Crippen LogP contribution in [-0.4, -0.2) is 54.6 Å². The number of carbonyl (C=O) groups is 2. The first-order chi connectivity index (χ1) is 12.5. The number of piperazine rings is 1. The monoisotopic (exact) mass is 356 g/mol. The standard InChI is InChI=1S/C19H20N2O5/c1-12-9-15(13(2)26-12)19(23)21-7-5-20(6-8-21)18(22)14-3-4-16-17(10-14)25-11-24-16/h3-4,9-10H,5-8,11H2,1-2H3. The second kappa shape index (κ2) is 6.40. The minimum Gasteiger partial charge on any atom is -0.466 e. The molecule has 0 saturated carbocycles. The zero-order valence-corrected chi connectivity index (χ0v) is 14.8. The van der Waals surface area contributed by atoms with Crippen molar-refractivity contribution in [2.24, 2.45) is 0 Å². The van der Waals surface area contributed by atoms with Gasteiger partial charge in [0.1, 0.15) is 11.5 Å². The number of benzene rings is 1. The molecule has 1 saturated heterocycles. The molecule has 7 nitrogen and oxygen atoms in total. The Morgan fingerprint density at radius 3 is 2.19 bits per heavy atom. The van der Waals surface area contributed by atoms with Crippen molar-refractivity contribution in [3.05, 3.63) is 46.9 Å². The number of ether oxygens (including phenoxy) is 2. The lowest BCUT2D eigenvalue weighted by molar-refractivity contribution is 0.0534. The molecule has 0 N–H and O–H groups in total. The number of amides is 2. The van der Waals surface area contributed by atoms with Crippen molar-refractivity contribution in [3.63, 3.8) is 0 Å². The van der Waals surface area contributed by atoms with Gasteiger partial charge < -0.3 is 23.7 Å². The molecular weight excluding hydrogens is 336 g/mol. The Morgan fingerprint density at radius 1 is 0.885 bits per heavy atom. The summed E-state index contributed by atoms with van der Waals surface area (Å²) < 4.78 is 16.1. The molecule has 4 rings (SSSR count). The highest BCUT2D eigenvalue weighted by Gasteiger charge is 2.28. The minimum atomic E-state index is -0.0641. The van der Waals surface area contributed by atoms with Crippen LogP contribution in [0.5, 0.6) is 11.5 Å². The summed E-state index contributed by atoms with van der Waals surface area (Å²) in [6.45, 7) is 5.79. The van der Waals surface area contributed by atoms with Crippen molar-refractivity contribution in [3.8, 4) is 11.5 Å². The summed E-state index contributed by atoms with van der Waals surface area (Å²) in [6, 6.07) is 6.96. The van der Waals surface area contributed by atoms with Gasteiger partial charge >= 0.3 is 0 Å². The van der Waals surface area contributed by atoms with Crippen LogP contribution in [0.2, 0.25) is 0 Å². The Kier molecular flexibility index (Phi) is 4.06. The summed E-state index contributed by atoms with van der Waals surface area (Å²) in [7, 11) is 0. The number of hydrogen-bond acceptors (Lipinski definition) is 5. The van der Waals surface area contributed by atoms with E-state index in [0.717, 1.165) is 5.76 Å². The van der Waals surface area contributed by atoms with E-state index in [-0.39, 0.29) is 18.6 Å². The minimum absolute atomic E-state index is 0.0467. The molecule has 7 heteroatoms. The Balaban J connectivity index is 1.41. The van der Waals surface area contributed by atoms with Crippen LogP contribution in [-0.2, 0) is 0 Å². The predicted octanol–water partition coefficient (Wildman–Crippen LogP) is 2.22. The van der Waals surface area contributed by atoms with E-state index in [1.165, 1.54) is 0 Å². The maximum Gasteiger partial charge on any atom is 0.257 e. The molecule has 0 bridgehead atoms. The van der Waals surface area contributed by atoms with Gasteiger partial charge in [0.2, 0.25) is 6.79 Å². The number of aryl methyl sites for hydroxylation is 2. The fourth-order valence-electron chi connectivity index (χ4n) is 3.34. The number of hydrogen-bond donors (Lipinski definition) is 0. The van der Waals surface area contributed by atoms with Crippen molar-refractivity contribution in [2.45, 2.75) is 13.8 Å². The number of furan rings is 1. The van der Waals surface area contributed by atoms with Gasteiger partial charge in [0.15, 0.2) is 11.5 Å². The van der Waals surface area contributed by atoms with E-state index in [9.17, 15) is 9.59 Å². The summed E-state index contributed by atoms with van der Waals surface area (Å²) in [4.78, 5) is 28.9. The van der Waals surface area contributed by atoms with Crippen molar-refractivity contribution in [1.82, 2.24) is 9.80 Å². The van der Waals surface area contributed by atoms with E-state index in [1.807, 2.05) is 6.92 Å². The molecule has 2 aromatic rings. The second-order valence-corrected chi connectivity index (χ2v) is 6.48. The normalized spacial score (nSPS) is 16.1. The molecule has 3 heterocycles. The largest absolute Gasteiger partial charge is 0.466 e. The third-order valence-electron chi connectivity index (χ3n) is 4.74. The molecule has 0 unspecified atom stereocenters. The Hall–Kier alpha value is -2.96. The SMILES string of the molecule is Cc1cc(C(=O)N2CCN(C(=O)c3ccc4c(c3)OCO4)CC2)c(C)o1. The smallest absolute Gasteiger partial charge is 0.257 e. The summed E-state index contributed by atoms with van der Waals surface area (Å²) >= 11 is 0. The van der Waals surface area contributed by atoms with Gasteiger partial charge in [0.05, 0.1) is 5.56 Å². The molecular formula is C19H20N2O5. The highest BCUT2D eigenvalue weighted by Crippen LogP contribution is 2.32. The molecule has 1 aromatic carbocycles. The molecule has 136 valence electrons. The molecule has 0 spiro atoms. The van der Waals surface area contributed by atoms with E-state index in [1.54, 1.807) is 41.0 Å². The molecule has 2 aliphatic rings. The van der Waals surface area contributed by atoms with E-state index in [0.29, 0.717) is 54.6 Å². The molecule has 2 aliphatic heterocycles. The summed E-state index contributed by atoms with van der Waals surface area (Å²) in [6.07, 6.45) is 0. The van der Waals surface area contributed by atoms with Gasteiger partial charge in [-0.2, -0.15) is 0 Å². The third kappa shape index (κ3) is 2.89. The quantitative estimate of drug-likeness (QED) is 0.825. The van der Waals surface area contributed by atoms with Gasteiger partial charge in [-0.1, -0.05) is 0 Å². The average molecular weight is 356 g/mol. The summed E-state index contributed by atoms with van der Waals surface area (Å²) in [5.74, 6) is 2.49. The van der Waals surface area contributed by atoms with Gasteiger partial charge in [0, 0.05) is 31.7 Å². The van der Waals surface area contributed by atoms with Crippen molar-refractivity contribution in [1.29, 1.82) is 0 Å². The zero-order chi connectivity index (χ0) is 18.3. The number of carbonyl (C=O) groups excluding carboxylic acids is 2. The van der Waals surface area contributed by atoms with Crippen LogP contribution < -0.4 is 9.47 Å². The van der Waals surface area contributed by atoms with E-state index in [2.05, 4.69) is 0 Å². The van der Waals surface area contributed by atoms with Crippen molar-refractivity contribution in [2.75, 3.05) is 33.0 Å². The summed E-state index contributed by atoms with van der Waals surface area (Å²) in [5, 5.41) is 0. The number of fused-ring (bicyclic) bond motifs is 1. The van der Waals surface area contributed by atoms with Crippen LogP contribution in [0.4, 0.5) is 0 Å². The van der Waals surface area contributed by atoms with E-state index < -0.39 is 0 Å². The molecule has 2 amide bonds. The van der Waals surface area contributed by atoms with Gasteiger partial charge in [-0.3, -0.25) is 9.59 Å². The van der Waals surface area contributed by atoms with Crippen LogP contribution in [0.15, 0.2) is 28.7 Å².